The van der Waals surface area contributed by atoms with Crippen LogP contribution in [0.3, 0.4) is 0 Å². The maximum atomic E-state index is 12.2. The van der Waals surface area contributed by atoms with Gasteiger partial charge in [-0.25, -0.2) is 4.79 Å². The van der Waals surface area contributed by atoms with Crippen molar-refractivity contribution in [3.05, 3.63) is 81.1 Å². The van der Waals surface area contributed by atoms with Crippen LogP contribution in [0.4, 0.5) is 0 Å². The summed E-state index contributed by atoms with van der Waals surface area (Å²) >= 11 is 1.45. The molecule has 1 saturated heterocycles. The molecule has 8 heteroatoms. The van der Waals surface area contributed by atoms with Crippen LogP contribution < -0.4 is 11.2 Å². The highest BCUT2D eigenvalue weighted by atomic mass is 32.2. The quantitative estimate of drug-likeness (QED) is 0.595. The zero-order valence-electron chi connectivity index (χ0n) is 14.9. The fraction of sp³-hybridized carbons (Fsp3) is 0.300. The molecule has 0 saturated carbocycles. The van der Waals surface area contributed by atoms with Crippen molar-refractivity contribution < 1.29 is 14.9 Å². The number of nitrogens with one attached hydrogen (secondary N) is 1. The van der Waals surface area contributed by atoms with E-state index in [4.69, 9.17) is 4.74 Å². The summed E-state index contributed by atoms with van der Waals surface area (Å²) in [6.45, 7) is -0.358. The van der Waals surface area contributed by atoms with Gasteiger partial charge in [-0.3, -0.25) is 14.3 Å². The standard InChI is InChI=1S/C20H20N2O5S/c23-10-15-17(25)18(19(27-15)22-8-7-16(24)21-20(22)26)28-11-12-5-6-13-3-1-2-4-14(13)9-12/h1-9,15,17-19,23,25H,10-11H2,(H,21,24,26)/t15-,17+,18?,19-/m1/s1. The number of hydrogen-bond acceptors (Lipinski definition) is 6. The molecule has 1 aliphatic heterocycles. The maximum absolute atomic E-state index is 12.2. The highest BCUT2D eigenvalue weighted by Crippen LogP contribution is 2.38. The Morgan fingerprint density at radius 2 is 1.89 bits per heavy atom. The van der Waals surface area contributed by atoms with Crippen LogP contribution in [-0.2, 0) is 10.5 Å². The third kappa shape index (κ3) is 3.64. The number of aromatic amines is 1. The molecule has 28 heavy (non-hydrogen) atoms. The van der Waals surface area contributed by atoms with E-state index in [1.807, 2.05) is 36.4 Å². The van der Waals surface area contributed by atoms with Crippen molar-refractivity contribution in [1.29, 1.82) is 0 Å². The Labute approximate surface area is 164 Å². The summed E-state index contributed by atoms with van der Waals surface area (Å²) in [5, 5.41) is 21.9. The topological polar surface area (TPSA) is 105 Å². The van der Waals surface area contributed by atoms with Gasteiger partial charge in [-0.05, 0) is 16.3 Å². The molecule has 0 amide bonds. The van der Waals surface area contributed by atoms with Gasteiger partial charge >= 0.3 is 5.69 Å². The summed E-state index contributed by atoms with van der Waals surface area (Å²) < 4.78 is 6.97. The smallest absolute Gasteiger partial charge is 0.330 e. The van der Waals surface area contributed by atoms with Crippen molar-refractivity contribution in [2.24, 2.45) is 0 Å². The molecule has 0 radical (unpaired) electrons. The average Bonchev–Trinajstić information content (AvgIpc) is 3.01. The summed E-state index contributed by atoms with van der Waals surface area (Å²) in [7, 11) is 0. The fourth-order valence-electron chi connectivity index (χ4n) is 3.42. The second kappa shape index (κ2) is 7.92. The number of fused-ring (bicyclic) bond motifs is 1. The first-order valence-corrected chi connectivity index (χ1v) is 9.97. The predicted octanol–water partition coefficient (Wildman–Crippen LogP) is 1.24. The van der Waals surface area contributed by atoms with Gasteiger partial charge in [0.1, 0.15) is 6.10 Å². The van der Waals surface area contributed by atoms with Crippen LogP contribution in [-0.4, -0.2) is 43.8 Å². The molecule has 146 valence electrons. The maximum Gasteiger partial charge on any atom is 0.330 e. The highest BCUT2D eigenvalue weighted by Gasteiger charge is 2.44. The normalized spacial score (nSPS) is 24.6. The van der Waals surface area contributed by atoms with Crippen LogP contribution in [0.15, 0.2) is 64.3 Å². The summed E-state index contributed by atoms with van der Waals surface area (Å²) in [4.78, 5) is 25.7. The molecule has 1 aromatic heterocycles. The number of rotatable bonds is 5. The summed E-state index contributed by atoms with van der Waals surface area (Å²) in [6.07, 6.45) is -1.18. The van der Waals surface area contributed by atoms with Crippen molar-refractivity contribution >= 4 is 22.5 Å². The lowest BCUT2D eigenvalue weighted by atomic mass is 10.1. The summed E-state index contributed by atoms with van der Waals surface area (Å²) in [5.41, 5.74) is -0.0330. The Morgan fingerprint density at radius 1 is 1.11 bits per heavy atom. The molecule has 2 heterocycles. The number of H-pyrrole nitrogens is 1. The van der Waals surface area contributed by atoms with E-state index in [1.165, 1.54) is 28.6 Å². The van der Waals surface area contributed by atoms with Crippen LogP contribution >= 0.6 is 11.8 Å². The summed E-state index contributed by atoms with van der Waals surface area (Å²) in [6, 6.07) is 15.5. The van der Waals surface area contributed by atoms with Gasteiger partial charge < -0.3 is 14.9 Å². The molecule has 1 unspecified atom stereocenters. The van der Waals surface area contributed by atoms with E-state index in [-0.39, 0.29) is 6.61 Å². The van der Waals surface area contributed by atoms with E-state index in [0.717, 1.165) is 16.3 Å². The number of aliphatic hydroxyl groups excluding tert-OH is 2. The summed E-state index contributed by atoms with van der Waals surface area (Å²) in [5.74, 6) is 0.600. The van der Waals surface area contributed by atoms with Crippen LogP contribution in [0.1, 0.15) is 11.8 Å². The molecule has 0 aliphatic carbocycles. The molecule has 3 N–H and O–H groups in total. The highest BCUT2D eigenvalue weighted by molar-refractivity contribution is 7.99. The van der Waals surface area contributed by atoms with E-state index in [2.05, 4.69) is 11.1 Å². The molecular formula is C20H20N2O5S. The Balaban J connectivity index is 1.58. The molecule has 7 nitrogen and oxygen atoms in total. The molecular weight excluding hydrogens is 380 g/mol. The van der Waals surface area contributed by atoms with Crippen molar-refractivity contribution in [1.82, 2.24) is 9.55 Å². The molecule has 3 aromatic rings. The van der Waals surface area contributed by atoms with E-state index >= 15 is 0 Å². The van der Waals surface area contributed by atoms with Gasteiger partial charge in [0.2, 0.25) is 0 Å². The lowest BCUT2D eigenvalue weighted by molar-refractivity contribution is -0.0457. The van der Waals surface area contributed by atoms with Crippen molar-refractivity contribution in [3.8, 4) is 0 Å². The molecule has 1 aliphatic rings. The van der Waals surface area contributed by atoms with Gasteiger partial charge in [0, 0.05) is 18.0 Å². The van der Waals surface area contributed by atoms with E-state index in [0.29, 0.717) is 5.75 Å². The minimum Gasteiger partial charge on any atom is -0.394 e. The second-order valence-corrected chi connectivity index (χ2v) is 7.88. The average molecular weight is 400 g/mol. The Morgan fingerprint density at radius 3 is 2.64 bits per heavy atom. The van der Waals surface area contributed by atoms with Crippen molar-refractivity contribution in [2.45, 2.75) is 29.4 Å². The third-order valence-electron chi connectivity index (χ3n) is 4.87. The Kier molecular flexibility index (Phi) is 5.36. The zero-order valence-corrected chi connectivity index (χ0v) is 15.7. The fourth-order valence-corrected chi connectivity index (χ4v) is 4.72. The van der Waals surface area contributed by atoms with Crippen LogP contribution in [0.25, 0.3) is 10.8 Å². The molecule has 4 atom stereocenters. The number of benzene rings is 2. The van der Waals surface area contributed by atoms with Crippen molar-refractivity contribution in [2.75, 3.05) is 6.61 Å². The van der Waals surface area contributed by atoms with Gasteiger partial charge in [0.05, 0.1) is 18.0 Å². The van der Waals surface area contributed by atoms with Gasteiger partial charge in [-0.1, -0.05) is 42.5 Å². The third-order valence-corrected chi connectivity index (χ3v) is 6.27. The minimum atomic E-state index is -0.945. The number of aromatic nitrogens is 2. The number of nitrogens with zero attached hydrogens (tertiary/aromatic N) is 1. The minimum absolute atomic E-state index is 0.358. The SMILES string of the molecule is O=c1ccn([C@@H]2O[C@H](CO)[C@H](O)C2SCc2ccc3ccccc3c2)c(=O)[nH]1. The Bertz CT molecular complexity index is 1100. The first-order valence-electron chi connectivity index (χ1n) is 8.92. The van der Waals surface area contributed by atoms with E-state index in [1.54, 1.807) is 0 Å². The largest absolute Gasteiger partial charge is 0.394 e. The lowest BCUT2D eigenvalue weighted by Gasteiger charge is -2.21. The molecule has 1 fully saturated rings. The first-order chi connectivity index (χ1) is 13.6. The second-order valence-electron chi connectivity index (χ2n) is 6.71. The number of thioether (sulfide) groups is 1. The van der Waals surface area contributed by atoms with Gasteiger partial charge in [0.15, 0.2) is 6.23 Å². The monoisotopic (exact) mass is 400 g/mol. The zero-order chi connectivity index (χ0) is 19.7. The predicted molar refractivity (Wildman–Crippen MR) is 107 cm³/mol. The van der Waals surface area contributed by atoms with Gasteiger partial charge in [0.25, 0.3) is 5.56 Å². The van der Waals surface area contributed by atoms with Crippen molar-refractivity contribution in [3.63, 3.8) is 0 Å². The number of ether oxygens (including phenoxy) is 1. The van der Waals surface area contributed by atoms with Crippen LogP contribution in [0, 0.1) is 0 Å². The number of hydrogen-bond donors (Lipinski definition) is 3. The molecule has 4 rings (SSSR count). The van der Waals surface area contributed by atoms with Crippen LogP contribution in [0.5, 0.6) is 0 Å². The molecule has 2 aromatic carbocycles. The van der Waals surface area contributed by atoms with E-state index in [9.17, 15) is 19.8 Å². The number of aliphatic hydroxyl groups is 2. The van der Waals surface area contributed by atoms with Gasteiger partial charge in [-0.15, -0.1) is 11.8 Å². The van der Waals surface area contributed by atoms with E-state index < -0.39 is 34.9 Å². The van der Waals surface area contributed by atoms with Gasteiger partial charge in [-0.2, -0.15) is 0 Å². The first kappa shape index (κ1) is 18.9. The Hall–Kier alpha value is -2.39. The molecule has 0 bridgehead atoms. The lowest BCUT2D eigenvalue weighted by Crippen LogP contribution is -2.36. The molecule has 0 spiro atoms. The van der Waals surface area contributed by atoms with Crippen LogP contribution in [0.2, 0.25) is 0 Å².